The molecule has 7 heteroatoms. The molecule has 0 radical (unpaired) electrons. The van der Waals surface area contributed by atoms with Gasteiger partial charge in [0.1, 0.15) is 6.10 Å². The maximum atomic E-state index is 12.6. The first kappa shape index (κ1) is 19.8. The first-order valence-corrected chi connectivity index (χ1v) is 9.59. The van der Waals surface area contributed by atoms with Crippen molar-refractivity contribution in [2.24, 2.45) is 0 Å². The molecule has 2 aliphatic rings. The Morgan fingerprint density at radius 1 is 1.22 bits per heavy atom. The standard InChI is InChI=1S/C20H29N3O4/c1-20(2,23-8-11-26-12-9-23)14-21-18(24)15-5-3-6-16(13-15)22-19(25)17-7-4-10-27-17/h3,5-6,13,17H,4,7-12,14H2,1-2H3,(H,21,24)(H,22,25). The van der Waals surface area contributed by atoms with Gasteiger partial charge in [-0.05, 0) is 44.9 Å². The summed E-state index contributed by atoms with van der Waals surface area (Å²) < 4.78 is 10.8. The topological polar surface area (TPSA) is 79.9 Å². The van der Waals surface area contributed by atoms with E-state index in [1.165, 1.54) is 0 Å². The van der Waals surface area contributed by atoms with Crippen LogP contribution in [0, 0.1) is 0 Å². The van der Waals surface area contributed by atoms with Crippen molar-refractivity contribution in [3.05, 3.63) is 29.8 Å². The van der Waals surface area contributed by atoms with Crippen LogP contribution in [-0.4, -0.2) is 67.8 Å². The van der Waals surface area contributed by atoms with Crippen molar-refractivity contribution < 1.29 is 19.1 Å². The van der Waals surface area contributed by atoms with Crippen molar-refractivity contribution in [3.63, 3.8) is 0 Å². The molecule has 0 aromatic heterocycles. The first-order chi connectivity index (χ1) is 13.0. The Kier molecular flexibility index (Phi) is 6.46. The van der Waals surface area contributed by atoms with Crippen molar-refractivity contribution in [2.45, 2.75) is 38.3 Å². The van der Waals surface area contributed by atoms with Crippen LogP contribution in [0.15, 0.2) is 24.3 Å². The van der Waals surface area contributed by atoms with Gasteiger partial charge in [-0.15, -0.1) is 0 Å². The highest BCUT2D eigenvalue weighted by atomic mass is 16.5. The van der Waals surface area contributed by atoms with Crippen molar-refractivity contribution in [1.82, 2.24) is 10.2 Å². The lowest BCUT2D eigenvalue weighted by Crippen LogP contribution is -2.55. The molecule has 1 aromatic carbocycles. The van der Waals surface area contributed by atoms with Gasteiger partial charge in [0.25, 0.3) is 11.8 Å². The number of amides is 2. The van der Waals surface area contributed by atoms with Gasteiger partial charge in [-0.25, -0.2) is 0 Å². The number of carbonyl (C=O) groups excluding carboxylic acids is 2. The molecule has 7 nitrogen and oxygen atoms in total. The molecule has 2 heterocycles. The molecule has 0 saturated carbocycles. The molecule has 1 aromatic rings. The number of hydrogen-bond donors (Lipinski definition) is 2. The Hall–Kier alpha value is -1.96. The maximum Gasteiger partial charge on any atom is 0.253 e. The van der Waals surface area contributed by atoms with Crippen LogP contribution < -0.4 is 10.6 Å². The molecule has 2 aliphatic heterocycles. The molecule has 0 spiro atoms. The second-order valence-electron chi connectivity index (χ2n) is 7.67. The summed E-state index contributed by atoms with van der Waals surface area (Å²) in [6.07, 6.45) is 1.25. The largest absolute Gasteiger partial charge is 0.379 e. The molecule has 1 unspecified atom stereocenters. The number of ether oxygens (including phenoxy) is 2. The number of hydrogen-bond acceptors (Lipinski definition) is 5. The van der Waals surface area contributed by atoms with Crippen LogP contribution in [0.5, 0.6) is 0 Å². The highest BCUT2D eigenvalue weighted by molar-refractivity contribution is 5.98. The molecule has 2 amide bonds. The summed E-state index contributed by atoms with van der Waals surface area (Å²) in [5.41, 5.74) is 0.985. The van der Waals surface area contributed by atoms with Crippen LogP contribution in [-0.2, 0) is 14.3 Å². The van der Waals surface area contributed by atoms with Crippen molar-refractivity contribution in [2.75, 3.05) is 44.8 Å². The normalized spacial score (nSPS) is 21.0. The van der Waals surface area contributed by atoms with E-state index >= 15 is 0 Å². The number of carbonyl (C=O) groups is 2. The van der Waals surface area contributed by atoms with Gasteiger partial charge >= 0.3 is 0 Å². The van der Waals surface area contributed by atoms with Crippen LogP contribution in [0.4, 0.5) is 5.69 Å². The fourth-order valence-corrected chi connectivity index (χ4v) is 3.42. The van der Waals surface area contributed by atoms with Gasteiger partial charge in [-0.2, -0.15) is 0 Å². The molecule has 3 rings (SSSR count). The van der Waals surface area contributed by atoms with Crippen molar-refractivity contribution in [3.8, 4) is 0 Å². The zero-order chi connectivity index (χ0) is 19.3. The van der Waals surface area contributed by atoms with E-state index in [1.54, 1.807) is 24.3 Å². The smallest absolute Gasteiger partial charge is 0.253 e. The van der Waals surface area contributed by atoms with E-state index in [9.17, 15) is 9.59 Å². The summed E-state index contributed by atoms with van der Waals surface area (Å²) in [7, 11) is 0. The first-order valence-electron chi connectivity index (χ1n) is 9.59. The van der Waals surface area contributed by atoms with Gasteiger partial charge < -0.3 is 20.1 Å². The molecular formula is C20H29N3O4. The molecule has 2 N–H and O–H groups in total. The van der Waals surface area contributed by atoms with E-state index in [0.29, 0.717) is 24.4 Å². The van der Waals surface area contributed by atoms with E-state index < -0.39 is 6.10 Å². The summed E-state index contributed by atoms with van der Waals surface area (Å²) in [5, 5.41) is 5.85. The minimum Gasteiger partial charge on any atom is -0.379 e. The van der Waals surface area contributed by atoms with Crippen LogP contribution in [0.25, 0.3) is 0 Å². The lowest BCUT2D eigenvalue weighted by Gasteiger charge is -2.40. The van der Waals surface area contributed by atoms with Gasteiger partial charge in [0.2, 0.25) is 0 Å². The van der Waals surface area contributed by atoms with Crippen LogP contribution in [0.1, 0.15) is 37.0 Å². The Balaban J connectivity index is 1.55. The number of nitrogens with one attached hydrogen (secondary N) is 2. The number of nitrogens with zero attached hydrogens (tertiary/aromatic N) is 1. The highest BCUT2D eigenvalue weighted by Gasteiger charge is 2.29. The number of morpholine rings is 1. The molecule has 0 aliphatic carbocycles. The van der Waals surface area contributed by atoms with E-state index in [1.807, 2.05) is 0 Å². The molecular weight excluding hydrogens is 346 g/mol. The Morgan fingerprint density at radius 2 is 2.00 bits per heavy atom. The average molecular weight is 375 g/mol. The molecule has 27 heavy (non-hydrogen) atoms. The predicted octanol–water partition coefficient (Wildman–Crippen LogP) is 1.64. The van der Waals surface area contributed by atoms with Crippen LogP contribution in [0.2, 0.25) is 0 Å². The Morgan fingerprint density at radius 3 is 2.70 bits per heavy atom. The zero-order valence-electron chi connectivity index (χ0n) is 16.1. The Labute approximate surface area is 160 Å². The second kappa shape index (κ2) is 8.82. The van der Waals surface area contributed by atoms with Crippen molar-refractivity contribution >= 4 is 17.5 Å². The highest BCUT2D eigenvalue weighted by Crippen LogP contribution is 2.18. The monoisotopic (exact) mass is 375 g/mol. The summed E-state index contributed by atoms with van der Waals surface area (Å²) in [6.45, 7) is 8.60. The predicted molar refractivity (Wildman–Crippen MR) is 103 cm³/mol. The third-order valence-corrected chi connectivity index (χ3v) is 5.16. The summed E-state index contributed by atoms with van der Waals surface area (Å²) in [5.74, 6) is -0.303. The fourth-order valence-electron chi connectivity index (χ4n) is 3.42. The minimum absolute atomic E-state index is 0.148. The number of anilines is 1. The second-order valence-corrected chi connectivity index (χ2v) is 7.67. The third kappa shape index (κ3) is 5.28. The van der Waals surface area contributed by atoms with E-state index in [0.717, 1.165) is 39.1 Å². The SMILES string of the molecule is CC(C)(CNC(=O)c1cccc(NC(=O)C2CCCO2)c1)N1CCOCC1. The van der Waals surface area contributed by atoms with E-state index in [4.69, 9.17) is 9.47 Å². The van der Waals surface area contributed by atoms with Gasteiger partial charge in [-0.1, -0.05) is 6.07 Å². The molecule has 0 bridgehead atoms. The van der Waals surface area contributed by atoms with E-state index in [-0.39, 0.29) is 17.4 Å². The minimum atomic E-state index is -0.392. The van der Waals surface area contributed by atoms with Gasteiger partial charge in [0, 0.05) is 43.0 Å². The molecule has 1 atom stereocenters. The van der Waals surface area contributed by atoms with Crippen molar-refractivity contribution in [1.29, 1.82) is 0 Å². The lowest BCUT2D eigenvalue weighted by molar-refractivity contribution is -0.124. The Bertz CT molecular complexity index is 665. The molecule has 2 fully saturated rings. The van der Waals surface area contributed by atoms with Crippen LogP contribution in [0.3, 0.4) is 0 Å². The fraction of sp³-hybridized carbons (Fsp3) is 0.600. The maximum absolute atomic E-state index is 12.6. The van der Waals surface area contributed by atoms with E-state index in [2.05, 4.69) is 29.4 Å². The summed E-state index contributed by atoms with van der Waals surface area (Å²) >= 11 is 0. The van der Waals surface area contributed by atoms with Crippen LogP contribution >= 0.6 is 0 Å². The van der Waals surface area contributed by atoms with Gasteiger partial charge in [0.15, 0.2) is 0 Å². The number of benzene rings is 1. The van der Waals surface area contributed by atoms with Gasteiger partial charge in [0.05, 0.1) is 13.2 Å². The molecule has 148 valence electrons. The zero-order valence-corrected chi connectivity index (χ0v) is 16.1. The third-order valence-electron chi connectivity index (χ3n) is 5.16. The average Bonchev–Trinajstić information content (AvgIpc) is 3.22. The number of rotatable bonds is 6. The summed E-state index contributed by atoms with van der Waals surface area (Å²) in [4.78, 5) is 27.1. The lowest BCUT2D eigenvalue weighted by atomic mass is 10.0. The quantitative estimate of drug-likeness (QED) is 0.790. The van der Waals surface area contributed by atoms with Gasteiger partial charge in [-0.3, -0.25) is 14.5 Å². The summed E-state index contributed by atoms with van der Waals surface area (Å²) in [6, 6.07) is 7.00. The molecule has 2 saturated heterocycles.